The van der Waals surface area contributed by atoms with E-state index in [0.29, 0.717) is 11.1 Å². The fourth-order valence-corrected chi connectivity index (χ4v) is 2.26. The molecule has 0 heterocycles. The Balaban J connectivity index is 2.39. The van der Waals surface area contributed by atoms with Crippen LogP contribution in [0.15, 0.2) is 46.9 Å². The summed E-state index contributed by atoms with van der Waals surface area (Å²) in [5.41, 5.74) is 1.80. The summed E-state index contributed by atoms with van der Waals surface area (Å²) >= 11 is 3.36. The third kappa shape index (κ3) is 2.94. The fraction of sp³-hybridized carbons (Fsp3) is 0.125. The quantitative estimate of drug-likeness (QED) is 0.783. The van der Waals surface area contributed by atoms with Gasteiger partial charge in [0.25, 0.3) is 0 Å². The molecule has 0 saturated heterocycles. The van der Waals surface area contributed by atoms with Gasteiger partial charge in [-0.05, 0) is 36.2 Å². The molecule has 0 amide bonds. The van der Waals surface area contributed by atoms with E-state index in [0.717, 1.165) is 10.0 Å². The van der Waals surface area contributed by atoms with Crippen LogP contribution in [0.1, 0.15) is 27.4 Å². The van der Waals surface area contributed by atoms with E-state index in [-0.39, 0.29) is 5.78 Å². The van der Waals surface area contributed by atoms with E-state index in [1.165, 1.54) is 18.2 Å². The zero-order chi connectivity index (χ0) is 14.7. The molecule has 0 aliphatic heterocycles. The molecule has 2 aromatic carbocycles. The molecule has 2 nitrogen and oxygen atoms in total. The smallest absolute Gasteiger partial charge is 0.184 e. The lowest BCUT2D eigenvalue weighted by Crippen LogP contribution is -2.11. The molecule has 0 aliphatic carbocycles. The van der Waals surface area contributed by atoms with Gasteiger partial charge in [0, 0.05) is 10.0 Å². The van der Waals surface area contributed by atoms with Crippen molar-refractivity contribution in [3.05, 3.63) is 69.4 Å². The second-order valence-electron chi connectivity index (χ2n) is 4.45. The Bertz CT molecular complexity index is 706. The van der Waals surface area contributed by atoms with Gasteiger partial charge >= 0.3 is 0 Å². The number of nitriles is 1. The molecule has 0 radical (unpaired) electrons. The van der Waals surface area contributed by atoms with Crippen molar-refractivity contribution in [3.8, 4) is 6.07 Å². The zero-order valence-electron chi connectivity index (χ0n) is 10.7. The summed E-state index contributed by atoms with van der Waals surface area (Å²) in [7, 11) is 0. The SMILES string of the molecule is Cc1ccc(C(=O)C(C#N)c2cccc(F)c2)cc1Br. The van der Waals surface area contributed by atoms with E-state index in [1.54, 1.807) is 24.3 Å². The first-order valence-electron chi connectivity index (χ1n) is 5.98. The first-order valence-corrected chi connectivity index (χ1v) is 6.77. The number of benzene rings is 2. The van der Waals surface area contributed by atoms with E-state index in [1.807, 2.05) is 13.0 Å². The third-order valence-electron chi connectivity index (χ3n) is 3.03. The van der Waals surface area contributed by atoms with Crippen LogP contribution in [0.3, 0.4) is 0 Å². The molecule has 2 aromatic rings. The highest BCUT2D eigenvalue weighted by atomic mass is 79.9. The Morgan fingerprint density at radius 1 is 1.30 bits per heavy atom. The molecule has 0 N–H and O–H groups in total. The summed E-state index contributed by atoms with van der Waals surface area (Å²) in [6, 6.07) is 12.7. The first-order chi connectivity index (χ1) is 9.52. The van der Waals surface area contributed by atoms with Crippen molar-refractivity contribution in [2.75, 3.05) is 0 Å². The molecule has 2 rings (SSSR count). The summed E-state index contributed by atoms with van der Waals surface area (Å²) in [5, 5.41) is 9.22. The van der Waals surface area contributed by atoms with Crippen LogP contribution in [0.2, 0.25) is 0 Å². The molecule has 0 spiro atoms. The fourth-order valence-electron chi connectivity index (χ4n) is 1.88. The molecule has 100 valence electrons. The Morgan fingerprint density at radius 2 is 2.05 bits per heavy atom. The third-order valence-corrected chi connectivity index (χ3v) is 3.88. The van der Waals surface area contributed by atoms with Gasteiger partial charge in [0.1, 0.15) is 11.7 Å². The average molecular weight is 332 g/mol. The van der Waals surface area contributed by atoms with Crippen molar-refractivity contribution in [2.24, 2.45) is 0 Å². The molecule has 4 heteroatoms. The number of rotatable bonds is 3. The van der Waals surface area contributed by atoms with Crippen LogP contribution in [0.4, 0.5) is 4.39 Å². The summed E-state index contributed by atoms with van der Waals surface area (Å²) in [5.74, 6) is -1.79. The Morgan fingerprint density at radius 3 is 2.65 bits per heavy atom. The topological polar surface area (TPSA) is 40.9 Å². The number of hydrogen-bond acceptors (Lipinski definition) is 2. The number of halogens is 2. The number of ketones is 1. The average Bonchev–Trinajstić information content (AvgIpc) is 2.42. The summed E-state index contributed by atoms with van der Waals surface area (Å²) in [4.78, 5) is 12.4. The van der Waals surface area contributed by atoms with Gasteiger partial charge in [-0.15, -0.1) is 0 Å². The molecule has 1 atom stereocenters. The van der Waals surface area contributed by atoms with Gasteiger partial charge in [-0.2, -0.15) is 5.26 Å². The highest BCUT2D eigenvalue weighted by molar-refractivity contribution is 9.10. The van der Waals surface area contributed by atoms with Crippen LogP contribution in [-0.4, -0.2) is 5.78 Å². The number of carbonyl (C=O) groups is 1. The van der Waals surface area contributed by atoms with E-state index in [9.17, 15) is 14.4 Å². The second-order valence-corrected chi connectivity index (χ2v) is 5.30. The highest BCUT2D eigenvalue weighted by Gasteiger charge is 2.22. The van der Waals surface area contributed by atoms with Gasteiger partial charge in [-0.3, -0.25) is 4.79 Å². The minimum absolute atomic E-state index is 0.334. The van der Waals surface area contributed by atoms with Gasteiger partial charge in [0.15, 0.2) is 5.78 Å². The predicted molar refractivity (Wildman–Crippen MR) is 78.0 cm³/mol. The van der Waals surface area contributed by atoms with Crippen LogP contribution in [0.25, 0.3) is 0 Å². The molecule has 0 fully saturated rings. The van der Waals surface area contributed by atoms with Crippen LogP contribution >= 0.6 is 15.9 Å². The number of Topliss-reactive ketones (excluding diaryl/α,β-unsaturated/α-hetero) is 1. The van der Waals surface area contributed by atoms with Crippen LogP contribution < -0.4 is 0 Å². The maximum absolute atomic E-state index is 13.2. The molecular formula is C16H11BrFNO. The maximum atomic E-state index is 13.2. The van der Waals surface area contributed by atoms with Gasteiger partial charge in [-0.1, -0.05) is 40.2 Å². The Labute approximate surface area is 125 Å². The molecule has 1 unspecified atom stereocenters. The second kappa shape index (κ2) is 5.98. The number of hydrogen-bond donors (Lipinski definition) is 0. The van der Waals surface area contributed by atoms with Crippen LogP contribution in [0.5, 0.6) is 0 Å². The lowest BCUT2D eigenvalue weighted by molar-refractivity contribution is 0.0979. The monoisotopic (exact) mass is 331 g/mol. The van der Waals surface area contributed by atoms with Crippen molar-refractivity contribution >= 4 is 21.7 Å². The summed E-state index contributed by atoms with van der Waals surface area (Å²) in [6.45, 7) is 1.91. The summed E-state index contributed by atoms with van der Waals surface area (Å²) in [6.07, 6.45) is 0. The molecule has 0 saturated carbocycles. The van der Waals surface area contributed by atoms with Gasteiger partial charge in [0.2, 0.25) is 0 Å². The Kier molecular flexibility index (Phi) is 4.31. The van der Waals surface area contributed by atoms with Crippen molar-refractivity contribution in [1.82, 2.24) is 0 Å². The van der Waals surface area contributed by atoms with Gasteiger partial charge < -0.3 is 0 Å². The molecule has 20 heavy (non-hydrogen) atoms. The minimum atomic E-state index is -1.000. The Hall–Kier alpha value is -1.99. The van der Waals surface area contributed by atoms with E-state index >= 15 is 0 Å². The maximum Gasteiger partial charge on any atom is 0.184 e. The standard InChI is InChI=1S/C16H11BrFNO/c1-10-5-6-12(8-15(10)17)16(20)14(9-19)11-3-2-4-13(18)7-11/h2-8,14H,1H3. The number of aryl methyl sites for hydroxylation is 1. The van der Waals surface area contributed by atoms with Crippen molar-refractivity contribution in [1.29, 1.82) is 5.26 Å². The number of nitrogens with zero attached hydrogens (tertiary/aromatic N) is 1. The summed E-state index contributed by atoms with van der Waals surface area (Å²) < 4.78 is 14.0. The zero-order valence-corrected chi connectivity index (χ0v) is 12.3. The lowest BCUT2D eigenvalue weighted by atomic mass is 9.91. The van der Waals surface area contributed by atoms with E-state index in [4.69, 9.17) is 0 Å². The highest BCUT2D eigenvalue weighted by Crippen LogP contribution is 2.24. The predicted octanol–water partition coefficient (Wildman–Crippen LogP) is 4.39. The van der Waals surface area contributed by atoms with E-state index < -0.39 is 11.7 Å². The van der Waals surface area contributed by atoms with Crippen molar-refractivity contribution in [2.45, 2.75) is 12.8 Å². The van der Waals surface area contributed by atoms with E-state index in [2.05, 4.69) is 15.9 Å². The molecular weight excluding hydrogens is 321 g/mol. The minimum Gasteiger partial charge on any atom is -0.292 e. The van der Waals surface area contributed by atoms with Crippen LogP contribution in [0, 0.1) is 24.1 Å². The normalized spacial score (nSPS) is 11.7. The number of carbonyl (C=O) groups excluding carboxylic acids is 1. The molecule has 0 bridgehead atoms. The van der Waals surface area contributed by atoms with Crippen LogP contribution in [-0.2, 0) is 0 Å². The van der Waals surface area contributed by atoms with Gasteiger partial charge in [-0.25, -0.2) is 4.39 Å². The molecule has 0 aliphatic rings. The largest absolute Gasteiger partial charge is 0.292 e. The van der Waals surface area contributed by atoms with Gasteiger partial charge in [0.05, 0.1) is 6.07 Å². The molecule has 0 aromatic heterocycles. The van der Waals surface area contributed by atoms with Crippen molar-refractivity contribution < 1.29 is 9.18 Å². The lowest BCUT2D eigenvalue weighted by Gasteiger charge is -2.10. The first kappa shape index (κ1) is 14.4. The van der Waals surface area contributed by atoms with Crippen molar-refractivity contribution in [3.63, 3.8) is 0 Å².